The Morgan fingerprint density at radius 3 is 2.53 bits per heavy atom. The van der Waals surface area contributed by atoms with Crippen LogP contribution >= 0.6 is 27.3 Å². The summed E-state index contributed by atoms with van der Waals surface area (Å²) in [6, 6.07) is 7.95. The molecule has 0 aliphatic heterocycles. The number of ether oxygens (including phenoxy) is 1. The molecule has 0 aliphatic rings. The number of halogens is 4. The summed E-state index contributed by atoms with van der Waals surface area (Å²) in [7, 11) is 1.45. The fourth-order valence-corrected chi connectivity index (χ4v) is 5.12. The molecule has 1 atom stereocenters. The Labute approximate surface area is 184 Å². The Morgan fingerprint density at radius 2 is 1.90 bits per heavy atom. The number of alkyl halides is 3. The summed E-state index contributed by atoms with van der Waals surface area (Å²) in [5.74, 6) is 0.426. The fourth-order valence-electron chi connectivity index (χ4n) is 3.77. The lowest BCUT2D eigenvalue weighted by molar-refractivity contribution is -0.271. The first-order valence-electron chi connectivity index (χ1n) is 9.08. The molecule has 0 radical (unpaired) electrons. The number of thiophene rings is 1. The molecule has 0 amide bonds. The average Bonchev–Trinajstić information content (AvgIpc) is 3.13. The maximum atomic E-state index is 14.1. The molecule has 0 spiro atoms. The zero-order chi connectivity index (χ0) is 22.3. The monoisotopic (exact) mass is 503 g/mol. The highest BCUT2D eigenvalue weighted by atomic mass is 79.9. The van der Waals surface area contributed by atoms with Crippen LogP contribution in [0.4, 0.5) is 13.2 Å². The van der Waals surface area contributed by atoms with Gasteiger partial charge in [0.05, 0.1) is 28.3 Å². The Hall–Kier alpha value is -1.84. The summed E-state index contributed by atoms with van der Waals surface area (Å²) >= 11 is 4.52. The molecule has 9 heteroatoms. The minimum absolute atomic E-state index is 0.258. The predicted octanol–water partition coefficient (Wildman–Crippen LogP) is 5.50. The smallest absolute Gasteiger partial charge is 0.418 e. The number of aromatic nitrogens is 1. The minimum Gasteiger partial charge on any atom is -0.495 e. The summed E-state index contributed by atoms with van der Waals surface area (Å²) in [6.07, 6.45) is -4.20. The standard InChI is InChI=1S/C21H21BrF3NO3S/c1-19(2,13-5-4-6-14(22)17(13)29-3)11-20(28,21(23,24)25)12-26-9-7-16(27)18-15(26)8-10-30-18/h4-10,28H,11-12H2,1-3H3. The van der Waals surface area contributed by atoms with Crippen molar-refractivity contribution in [3.8, 4) is 5.75 Å². The second-order valence-electron chi connectivity index (χ2n) is 7.85. The summed E-state index contributed by atoms with van der Waals surface area (Å²) in [4.78, 5) is 12.0. The molecule has 0 fully saturated rings. The van der Waals surface area contributed by atoms with Gasteiger partial charge in [0.1, 0.15) is 5.75 Å². The van der Waals surface area contributed by atoms with Crippen LogP contribution in [0.3, 0.4) is 0 Å². The highest BCUT2D eigenvalue weighted by Gasteiger charge is 2.56. The number of methoxy groups -OCH3 is 1. The van der Waals surface area contributed by atoms with E-state index in [9.17, 15) is 23.1 Å². The molecule has 3 rings (SSSR count). The molecule has 0 bridgehead atoms. The van der Waals surface area contributed by atoms with Gasteiger partial charge in [-0.05, 0) is 45.3 Å². The molecule has 0 saturated carbocycles. The lowest BCUT2D eigenvalue weighted by Crippen LogP contribution is -2.52. The van der Waals surface area contributed by atoms with Crippen LogP contribution < -0.4 is 10.2 Å². The molecule has 3 aromatic rings. The molecule has 0 aliphatic carbocycles. The molecular weight excluding hydrogens is 483 g/mol. The molecule has 1 N–H and O–H groups in total. The van der Waals surface area contributed by atoms with Crippen LogP contribution in [-0.2, 0) is 12.0 Å². The van der Waals surface area contributed by atoms with Crippen LogP contribution in [0.25, 0.3) is 10.2 Å². The van der Waals surface area contributed by atoms with Crippen molar-refractivity contribution in [2.75, 3.05) is 7.11 Å². The third-order valence-corrected chi connectivity index (χ3v) is 6.72. The van der Waals surface area contributed by atoms with E-state index >= 15 is 0 Å². The first kappa shape index (κ1) is 22.8. The second kappa shape index (κ2) is 8.01. The van der Waals surface area contributed by atoms with Crippen molar-refractivity contribution < 1.29 is 23.0 Å². The minimum atomic E-state index is -4.89. The van der Waals surface area contributed by atoms with Gasteiger partial charge in [0.25, 0.3) is 0 Å². The maximum Gasteiger partial charge on any atom is 0.418 e. The van der Waals surface area contributed by atoms with Gasteiger partial charge in [-0.1, -0.05) is 26.0 Å². The quantitative estimate of drug-likeness (QED) is 0.483. The SMILES string of the molecule is COc1c(Br)cccc1C(C)(C)CC(O)(Cn1ccc(=O)c2sccc21)C(F)(F)F. The van der Waals surface area contributed by atoms with Crippen LogP contribution in [0.1, 0.15) is 25.8 Å². The fraction of sp³-hybridized carbons (Fsp3) is 0.381. The Morgan fingerprint density at radius 1 is 1.20 bits per heavy atom. The van der Waals surface area contributed by atoms with Crippen LogP contribution in [0.2, 0.25) is 0 Å². The molecule has 30 heavy (non-hydrogen) atoms. The summed E-state index contributed by atoms with van der Waals surface area (Å²) in [6.45, 7) is 2.54. The maximum absolute atomic E-state index is 14.1. The van der Waals surface area contributed by atoms with Crippen LogP contribution in [0.5, 0.6) is 5.75 Å². The summed E-state index contributed by atoms with van der Waals surface area (Å²) in [5, 5.41) is 12.6. The summed E-state index contributed by atoms with van der Waals surface area (Å²) < 4.78 is 50.1. The van der Waals surface area contributed by atoms with Crippen LogP contribution in [0, 0.1) is 0 Å². The Kier molecular flexibility index (Phi) is 6.10. The van der Waals surface area contributed by atoms with Gasteiger partial charge in [0, 0.05) is 17.8 Å². The van der Waals surface area contributed by atoms with E-state index in [0.717, 1.165) is 11.3 Å². The van der Waals surface area contributed by atoms with E-state index < -0.39 is 30.2 Å². The normalized spacial score (nSPS) is 14.7. The molecule has 2 heterocycles. The first-order valence-corrected chi connectivity index (χ1v) is 10.8. The molecule has 2 aromatic heterocycles. The van der Waals surface area contributed by atoms with Gasteiger partial charge in [-0.3, -0.25) is 4.79 Å². The van der Waals surface area contributed by atoms with Gasteiger partial charge in [0.2, 0.25) is 0 Å². The predicted molar refractivity (Wildman–Crippen MR) is 115 cm³/mol. The van der Waals surface area contributed by atoms with Crippen molar-refractivity contribution in [3.05, 3.63) is 62.2 Å². The number of aliphatic hydroxyl groups is 1. The topological polar surface area (TPSA) is 51.5 Å². The third kappa shape index (κ3) is 4.15. The van der Waals surface area contributed by atoms with Crippen molar-refractivity contribution in [3.63, 3.8) is 0 Å². The highest BCUT2D eigenvalue weighted by Crippen LogP contribution is 2.46. The summed E-state index contributed by atoms with van der Waals surface area (Å²) in [5.41, 5.74) is -3.46. The lowest BCUT2D eigenvalue weighted by atomic mass is 9.74. The lowest BCUT2D eigenvalue weighted by Gasteiger charge is -2.39. The molecule has 1 unspecified atom stereocenters. The van der Waals surface area contributed by atoms with Gasteiger partial charge in [-0.2, -0.15) is 13.2 Å². The number of benzene rings is 1. The number of rotatable bonds is 6. The van der Waals surface area contributed by atoms with Gasteiger partial charge in [0.15, 0.2) is 11.0 Å². The van der Waals surface area contributed by atoms with Gasteiger partial charge >= 0.3 is 6.18 Å². The largest absolute Gasteiger partial charge is 0.495 e. The molecule has 162 valence electrons. The van der Waals surface area contributed by atoms with E-state index in [1.807, 2.05) is 0 Å². The van der Waals surface area contributed by atoms with Crippen molar-refractivity contribution in [2.24, 2.45) is 0 Å². The van der Waals surface area contributed by atoms with Crippen molar-refractivity contribution in [1.82, 2.24) is 4.57 Å². The number of hydrogen-bond donors (Lipinski definition) is 1. The Balaban J connectivity index is 2.06. The van der Waals surface area contributed by atoms with Gasteiger partial charge in [-0.25, -0.2) is 0 Å². The second-order valence-corrected chi connectivity index (χ2v) is 9.62. The molecule has 0 saturated heterocycles. The van der Waals surface area contributed by atoms with Crippen molar-refractivity contribution in [2.45, 2.75) is 44.0 Å². The third-order valence-electron chi connectivity index (χ3n) is 5.18. The van der Waals surface area contributed by atoms with Gasteiger partial charge in [-0.15, -0.1) is 11.3 Å². The molecule has 1 aromatic carbocycles. The van der Waals surface area contributed by atoms with E-state index in [-0.39, 0.29) is 5.43 Å². The van der Waals surface area contributed by atoms with Crippen molar-refractivity contribution in [1.29, 1.82) is 0 Å². The van der Waals surface area contributed by atoms with Crippen LogP contribution in [0.15, 0.2) is 51.2 Å². The van der Waals surface area contributed by atoms with Gasteiger partial charge < -0.3 is 14.4 Å². The number of fused-ring (bicyclic) bond motifs is 1. The van der Waals surface area contributed by atoms with E-state index in [4.69, 9.17) is 4.74 Å². The van der Waals surface area contributed by atoms with E-state index in [2.05, 4.69) is 15.9 Å². The van der Waals surface area contributed by atoms with Crippen molar-refractivity contribution >= 4 is 37.5 Å². The zero-order valence-electron chi connectivity index (χ0n) is 16.6. The van der Waals surface area contributed by atoms with E-state index in [1.54, 1.807) is 43.5 Å². The number of para-hydroxylation sites is 1. The zero-order valence-corrected chi connectivity index (χ0v) is 19.0. The molecule has 4 nitrogen and oxygen atoms in total. The van der Waals surface area contributed by atoms with E-state index in [1.165, 1.54) is 23.9 Å². The van der Waals surface area contributed by atoms with Crippen LogP contribution in [-0.4, -0.2) is 28.6 Å². The number of hydrogen-bond acceptors (Lipinski definition) is 4. The average molecular weight is 504 g/mol. The highest BCUT2D eigenvalue weighted by molar-refractivity contribution is 9.10. The number of nitrogens with zero attached hydrogens (tertiary/aromatic N) is 1. The number of pyridine rings is 1. The molecular formula is C21H21BrF3NO3S. The first-order chi connectivity index (χ1) is 13.9. The Bertz CT molecular complexity index is 1120. The van der Waals surface area contributed by atoms with E-state index in [0.29, 0.717) is 26.0 Å².